The molecule has 2 N–H and O–H groups in total. The van der Waals surface area contributed by atoms with Crippen LogP contribution in [0, 0.1) is 5.92 Å². The van der Waals surface area contributed by atoms with Crippen molar-refractivity contribution in [2.75, 3.05) is 0 Å². The number of hydrogen-bond acceptors (Lipinski definition) is 3. The van der Waals surface area contributed by atoms with Crippen molar-refractivity contribution in [3.63, 3.8) is 0 Å². The summed E-state index contributed by atoms with van der Waals surface area (Å²) in [6, 6.07) is 18.1. The number of nitrogens with one attached hydrogen (secondary N) is 2. The first-order valence-corrected chi connectivity index (χ1v) is 11.4. The fraction of sp³-hybridized carbons (Fsp3) is 0.346. The number of fused-ring (bicyclic) bond motifs is 3. The molecule has 2 aliphatic rings. The van der Waals surface area contributed by atoms with E-state index in [2.05, 4.69) is 27.0 Å². The zero-order chi connectivity index (χ0) is 21.9. The van der Waals surface area contributed by atoms with Crippen molar-refractivity contribution in [2.45, 2.75) is 50.8 Å². The molecule has 0 spiro atoms. The number of carbonyl (C=O) groups is 2. The molecule has 1 aromatic heterocycles. The normalized spacial score (nSPS) is 21.4. The van der Waals surface area contributed by atoms with Gasteiger partial charge in [0.1, 0.15) is 24.6 Å². The maximum atomic E-state index is 13.1. The number of nitrogens with zero attached hydrogens (tertiary/aromatic N) is 1. The Morgan fingerprint density at radius 1 is 1.00 bits per heavy atom. The topological polar surface area (TPSA) is 75.1 Å². The van der Waals surface area contributed by atoms with Crippen LogP contribution in [0.25, 0.3) is 11.3 Å². The number of carbonyl (C=O) groups excluding carboxylic acids is 2. The molecular formula is C26H28N3O3+. The van der Waals surface area contributed by atoms with Gasteiger partial charge in [0.2, 0.25) is 6.33 Å². The number of amides is 1. The van der Waals surface area contributed by atoms with Crippen LogP contribution in [0.1, 0.15) is 49.3 Å². The predicted molar refractivity (Wildman–Crippen MR) is 120 cm³/mol. The summed E-state index contributed by atoms with van der Waals surface area (Å²) in [4.78, 5) is 28.4. The number of imidazole rings is 1. The summed E-state index contributed by atoms with van der Waals surface area (Å²) in [5.41, 5.74) is 4.53. The number of ketones is 1. The minimum Gasteiger partial charge on any atom is -0.445 e. The Labute approximate surface area is 187 Å². The minimum absolute atomic E-state index is 0.0590. The molecule has 0 bridgehead atoms. The first kappa shape index (κ1) is 20.5. The van der Waals surface area contributed by atoms with Gasteiger partial charge in [0, 0.05) is 23.1 Å². The van der Waals surface area contributed by atoms with Crippen LogP contribution >= 0.6 is 0 Å². The second kappa shape index (κ2) is 8.99. The average molecular weight is 431 g/mol. The summed E-state index contributed by atoms with van der Waals surface area (Å²) in [5, 5.41) is 2.96. The molecule has 2 aromatic carbocycles. The highest BCUT2D eigenvalue weighted by atomic mass is 16.5. The molecule has 6 nitrogen and oxygen atoms in total. The van der Waals surface area contributed by atoms with Gasteiger partial charge in [-0.2, -0.15) is 0 Å². The Morgan fingerprint density at radius 3 is 2.56 bits per heavy atom. The third-order valence-corrected chi connectivity index (χ3v) is 6.76. The number of alkyl carbamates (subject to hydrolysis) is 1. The minimum atomic E-state index is -0.387. The van der Waals surface area contributed by atoms with Crippen molar-refractivity contribution in [1.82, 2.24) is 10.3 Å². The number of benzene rings is 2. The van der Waals surface area contributed by atoms with E-state index in [4.69, 9.17) is 4.74 Å². The second-order valence-electron chi connectivity index (χ2n) is 8.76. The van der Waals surface area contributed by atoms with Crippen molar-refractivity contribution < 1.29 is 18.9 Å². The molecular weight excluding hydrogens is 402 g/mol. The van der Waals surface area contributed by atoms with E-state index < -0.39 is 0 Å². The van der Waals surface area contributed by atoms with E-state index in [0.29, 0.717) is 12.2 Å². The lowest BCUT2D eigenvalue weighted by atomic mass is 9.81. The largest absolute Gasteiger partial charge is 0.445 e. The van der Waals surface area contributed by atoms with Gasteiger partial charge in [0.15, 0.2) is 5.69 Å². The highest BCUT2D eigenvalue weighted by molar-refractivity contribution is 5.82. The Bertz CT molecular complexity index is 1100. The molecule has 3 aromatic rings. The fourth-order valence-electron chi connectivity index (χ4n) is 5.04. The van der Waals surface area contributed by atoms with E-state index >= 15 is 0 Å². The maximum Gasteiger partial charge on any atom is 0.407 e. The quantitative estimate of drug-likeness (QED) is 0.572. The molecule has 5 rings (SSSR count). The van der Waals surface area contributed by atoms with Crippen LogP contribution in [0.15, 0.2) is 67.1 Å². The third kappa shape index (κ3) is 4.17. The summed E-state index contributed by atoms with van der Waals surface area (Å²) in [6.07, 6.45) is 7.30. The highest BCUT2D eigenvalue weighted by Gasteiger charge is 2.37. The number of H-pyrrole nitrogens is 1. The van der Waals surface area contributed by atoms with E-state index in [9.17, 15) is 9.59 Å². The van der Waals surface area contributed by atoms with Crippen LogP contribution in [0.2, 0.25) is 0 Å². The third-order valence-electron chi connectivity index (χ3n) is 6.76. The molecule has 164 valence electrons. The molecule has 1 unspecified atom stereocenters. The Hall–Kier alpha value is -3.41. The van der Waals surface area contributed by atoms with E-state index in [0.717, 1.165) is 36.9 Å². The van der Waals surface area contributed by atoms with Gasteiger partial charge in [-0.25, -0.2) is 14.3 Å². The van der Waals surface area contributed by atoms with Crippen molar-refractivity contribution in [3.05, 3.63) is 78.2 Å². The molecule has 1 aliphatic carbocycles. The summed E-state index contributed by atoms with van der Waals surface area (Å²) in [6.45, 7) is 0.266. The van der Waals surface area contributed by atoms with Crippen molar-refractivity contribution in [2.24, 2.45) is 5.92 Å². The number of aromatic nitrogens is 2. The molecule has 32 heavy (non-hydrogen) atoms. The fourth-order valence-corrected chi connectivity index (χ4v) is 5.04. The molecule has 1 amide bonds. The van der Waals surface area contributed by atoms with Crippen molar-refractivity contribution in [1.29, 1.82) is 0 Å². The standard InChI is InChI=1S/C26H27N3O3/c30-25(14-23-21-8-4-5-9-22(21)24-15-27-17-29(23)24)19-10-12-20(13-11-19)28-26(31)32-16-18-6-2-1-3-7-18/h1-9,15,17,19-20,23H,10-14,16H2,(H,28,31)/p+1. The highest BCUT2D eigenvalue weighted by Crippen LogP contribution is 2.36. The molecule has 1 saturated carbocycles. The van der Waals surface area contributed by atoms with Crippen LogP contribution in [0.3, 0.4) is 0 Å². The van der Waals surface area contributed by atoms with Gasteiger partial charge in [-0.1, -0.05) is 54.6 Å². The van der Waals surface area contributed by atoms with Gasteiger partial charge in [-0.05, 0) is 31.2 Å². The van der Waals surface area contributed by atoms with Gasteiger partial charge < -0.3 is 10.1 Å². The SMILES string of the molecule is O=C(NC1CCC(C(=O)CC2c3ccccc3-c3c[nH]c[n+]32)CC1)OCc1ccccc1. The van der Waals surface area contributed by atoms with E-state index in [-0.39, 0.29) is 30.7 Å². The Balaban J connectivity index is 1.12. The van der Waals surface area contributed by atoms with Crippen molar-refractivity contribution in [3.8, 4) is 11.3 Å². The van der Waals surface area contributed by atoms with E-state index in [1.807, 2.05) is 55.0 Å². The van der Waals surface area contributed by atoms with Crippen LogP contribution in [-0.2, 0) is 16.1 Å². The second-order valence-corrected chi connectivity index (χ2v) is 8.76. The summed E-state index contributed by atoms with van der Waals surface area (Å²) >= 11 is 0. The summed E-state index contributed by atoms with van der Waals surface area (Å²) < 4.78 is 7.51. The number of Topliss-reactive ketones (excluding diaryl/α,β-unsaturated/α-hetero) is 1. The molecule has 2 heterocycles. The lowest BCUT2D eigenvalue weighted by molar-refractivity contribution is -0.695. The predicted octanol–water partition coefficient (Wildman–Crippen LogP) is 4.32. The monoisotopic (exact) mass is 430 g/mol. The van der Waals surface area contributed by atoms with Gasteiger partial charge in [0.05, 0.1) is 6.42 Å². The van der Waals surface area contributed by atoms with Gasteiger partial charge in [-0.15, -0.1) is 0 Å². The Morgan fingerprint density at radius 2 is 1.75 bits per heavy atom. The molecule has 1 atom stereocenters. The zero-order valence-corrected chi connectivity index (χ0v) is 18.0. The van der Waals surface area contributed by atoms with Crippen molar-refractivity contribution >= 4 is 11.9 Å². The lowest BCUT2D eigenvalue weighted by Crippen LogP contribution is -2.41. The summed E-state index contributed by atoms with van der Waals surface area (Å²) in [5.74, 6) is 0.376. The van der Waals surface area contributed by atoms with E-state index in [1.165, 1.54) is 11.1 Å². The molecule has 1 fully saturated rings. The first-order chi connectivity index (χ1) is 15.7. The van der Waals surface area contributed by atoms with Crippen LogP contribution < -0.4 is 9.88 Å². The van der Waals surface area contributed by atoms with Crippen LogP contribution in [0.5, 0.6) is 0 Å². The first-order valence-electron chi connectivity index (χ1n) is 11.4. The smallest absolute Gasteiger partial charge is 0.407 e. The molecule has 6 heteroatoms. The average Bonchev–Trinajstić information content (AvgIpc) is 3.41. The molecule has 1 aliphatic heterocycles. The number of rotatable bonds is 6. The number of ether oxygens (including phenoxy) is 1. The van der Waals surface area contributed by atoms with Crippen LogP contribution in [0.4, 0.5) is 4.79 Å². The maximum absolute atomic E-state index is 13.1. The van der Waals surface area contributed by atoms with Gasteiger partial charge >= 0.3 is 6.09 Å². The van der Waals surface area contributed by atoms with Gasteiger partial charge in [0.25, 0.3) is 0 Å². The van der Waals surface area contributed by atoms with Gasteiger partial charge in [-0.3, -0.25) is 4.79 Å². The molecule has 0 radical (unpaired) electrons. The van der Waals surface area contributed by atoms with E-state index in [1.54, 1.807) is 0 Å². The lowest BCUT2D eigenvalue weighted by Gasteiger charge is -2.28. The number of hydrogen-bond donors (Lipinski definition) is 2. The zero-order valence-electron chi connectivity index (χ0n) is 18.0. The summed E-state index contributed by atoms with van der Waals surface area (Å²) in [7, 11) is 0. The van der Waals surface area contributed by atoms with Crippen LogP contribution in [-0.4, -0.2) is 22.9 Å². The molecule has 0 saturated heterocycles. The number of aromatic amines is 1. The Kier molecular flexibility index (Phi) is 5.75.